The molecule has 4 rings (SSSR count). The summed E-state index contributed by atoms with van der Waals surface area (Å²) in [5.41, 5.74) is 0.796. The van der Waals surface area contributed by atoms with Crippen LogP contribution < -0.4 is 21.5 Å². The first-order chi connectivity index (χ1) is 18.2. The first-order valence-electron chi connectivity index (χ1n) is 11.7. The highest BCUT2D eigenvalue weighted by molar-refractivity contribution is 7.89. The van der Waals surface area contributed by atoms with Crippen LogP contribution in [0.4, 0.5) is 0 Å². The summed E-state index contributed by atoms with van der Waals surface area (Å²) in [4.78, 5) is 40.1. The largest absolute Gasteiger partial charge is 0.457 e. The molecule has 3 aromatic carbocycles. The van der Waals surface area contributed by atoms with Gasteiger partial charge in [-0.3, -0.25) is 19.4 Å². The van der Waals surface area contributed by atoms with E-state index in [-0.39, 0.29) is 24.3 Å². The number of aromatic amines is 1. The highest BCUT2D eigenvalue weighted by Gasteiger charge is 2.32. The van der Waals surface area contributed by atoms with Gasteiger partial charge >= 0.3 is 5.69 Å². The molecule has 3 N–H and O–H groups in total. The lowest BCUT2D eigenvalue weighted by Crippen LogP contribution is -2.47. The lowest BCUT2D eigenvalue weighted by atomic mass is 10.1. The van der Waals surface area contributed by atoms with Crippen molar-refractivity contribution < 1.29 is 23.2 Å². The van der Waals surface area contributed by atoms with Gasteiger partial charge in [0, 0.05) is 13.6 Å². The minimum absolute atomic E-state index is 0.0619. The minimum atomic E-state index is -4.15. The van der Waals surface area contributed by atoms with Gasteiger partial charge in [-0.25, -0.2) is 18.7 Å². The van der Waals surface area contributed by atoms with Crippen molar-refractivity contribution in [2.45, 2.75) is 30.3 Å². The van der Waals surface area contributed by atoms with Crippen LogP contribution in [0, 0.1) is 0 Å². The number of nitrogens with zero attached hydrogens (tertiary/aromatic N) is 2. The van der Waals surface area contributed by atoms with Crippen LogP contribution in [0.15, 0.2) is 93.3 Å². The number of aromatic nitrogens is 2. The second kappa shape index (κ2) is 11.4. The molecule has 1 heterocycles. The Balaban J connectivity index is 1.50. The van der Waals surface area contributed by atoms with Crippen LogP contribution in [0.5, 0.6) is 11.5 Å². The number of sulfonamides is 1. The molecule has 0 saturated carbocycles. The Morgan fingerprint density at radius 1 is 1.00 bits per heavy atom. The number of carbonyl (C=O) groups is 1. The average Bonchev–Trinajstić information content (AvgIpc) is 2.93. The molecule has 1 unspecified atom stereocenters. The third kappa shape index (κ3) is 5.67. The second-order valence-corrected chi connectivity index (χ2v) is 10.5. The summed E-state index contributed by atoms with van der Waals surface area (Å²) in [5.74, 6) is 0.0673. The number of rotatable bonds is 10. The van der Waals surface area contributed by atoms with Gasteiger partial charge in [-0.1, -0.05) is 30.3 Å². The molecule has 4 aromatic rings. The maximum Gasteiger partial charge on any atom is 0.328 e. The van der Waals surface area contributed by atoms with Crippen molar-refractivity contribution in [3.05, 3.63) is 99.7 Å². The number of hydrogen-bond donors (Lipinski definition) is 3. The standard InChI is InChI=1S/C26H26N4O7S/c1-29(38(35,36)20-15-13-19(14-16-20)37-18-8-3-2-4-9-18)23(24(31)28-34)12-7-17-30-25(32)21-10-5-6-11-22(21)27-26(30)33/h2-6,8-11,13-16,23,34H,7,12,17H2,1H3,(H,27,33)(H,28,31). The molecular formula is C26H26N4O7S. The van der Waals surface area contributed by atoms with Crippen LogP contribution in [0.1, 0.15) is 12.8 Å². The molecule has 0 saturated heterocycles. The molecule has 12 heteroatoms. The van der Waals surface area contributed by atoms with Gasteiger partial charge < -0.3 is 9.72 Å². The van der Waals surface area contributed by atoms with E-state index in [4.69, 9.17) is 4.74 Å². The fourth-order valence-corrected chi connectivity index (χ4v) is 5.38. The molecule has 0 aliphatic rings. The van der Waals surface area contributed by atoms with Crippen molar-refractivity contribution in [3.8, 4) is 11.5 Å². The number of fused-ring (bicyclic) bond motifs is 1. The number of para-hydroxylation sites is 2. The molecule has 38 heavy (non-hydrogen) atoms. The number of benzene rings is 3. The Kier molecular flexibility index (Phi) is 8.05. The summed E-state index contributed by atoms with van der Waals surface area (Å²) in [5, 5.41) is 9.57. The highest BCUT2D eigenvalue weighted by Crippen LogP contribution is 2.25. The van der Waals surface area contributed by atoms with E-state index in [1.54, 1.807) is 36.4 Å². The zero-order valence-electron chi connectivity index (χ0n) is 20.4. The Hall–Kier alpha value is -4.26. The fraction of sp³-hybridized carbons (Fsp3) is 0.192. The third-order valence-electron chi connectivity index (χ3n) is 6.08. The lowest BCUT2D eigenvalue weighted by Gasteiger charge is -2.26. The Morgan fingerprint density at radius 2 is 1.63 bits per heavy atom. The quantitative estimate of drug-likeness (QED) is 0.207. The van der Waals surface area contributed by atoms with Gasteiger partial charge in [0.15, 0.2) is 0 Å². The van der Waals surface area contributed by atoms with E-state index in [2.05, 4.69) is 4.98 Å². The molecule has 11 nitrogen and oxygen atoms in total. The highest BCUT2D eigenvalue weighted by atomic mass is 32.2. The molecule has 0 radical (unpaired) electrons. The lowest BCUT2D eigenvalue weighted by molar-refractivity contribution is -0.133. The summed E-state index contributed by atoms with van der Waals surface area (Å²) < 4.78 is 34.1. The zero-order chi connectivity index (χ0) is 27.3. The van der Waals surface area contributed by atoms with Crippen LogP contribution >= 0.6 is 0 Å². The van der Waals surface area contributed by atoms with Gasteiger partial charge in [-0.15, -0.1) is 0 Å². The third-order valence-corrected chi connectivity index (χ3v) is 7.96. The SMILES string of the molecule is CN(C(CCCn1c(=O)[nH]c2ccccc2c1=O)C(=O)NO)S(=O)(=O)c1ccc(Oc2ccccc2)cc1. The first-order valence-corrected chi connectivity index (χ1v) is 13.1. The molecule has 1 aromatic heterocycles. The number of likely N-dealkylation sites (N-methyl/N-ethyl adjacent to an activating group) is 1. The number of ether oxygens (including phenoxy) is 1. The van der Waals surface area contributed by atoms with E-state index in [0.29, 0.717) is 22.4 Å². The van der Waals surface area contributed by atoms with E-state index in [1.165, 1.54) is 36.8 Å². The molecule has 0 aliphatic heterocycles. The average molecular weight is 539 g/mol. The number of carbonyl (C=O) groups excluding carboxylic acids is 1. The molecule has 0 aliphatic carbocycles. The normalized spacial score (nSPS) is 12.4. The van der Waals surface area contributed by atoms with Gasteiger partial charge in [-0.2, -0.15) is 4.31 Å². The minimum Gasteiger partial charge on any atom is -0.457 e. The van der Waals surface area contributed by atoms with E-state index in [0.717, 1.165) is 8.87 Å². The maximum absolute atomic E-state index is 13.3. The fourth-order valence-electron chi connectivity index (χ4n) is 4.04. The number of hydroxylamine groups is 1. The van der Waals surface area contributed by atoms with Crippen LogP contribution in [0.2, 0.25) is 0 Å². The number of nitrogens with one attached hydrogen (secondary N) is 2. The monoisotopic (exact) mass is 538 g/mol. The van der Waals surface area contributed by atoms with Crippen LogP contribution in [0.25, 0.3) is 10.9 Å². The van der Waals surface area contributed by atoms with Gasteiger partial charge in [0.1, 0.15) is 17.5 Å². The van der Waals surface area contributed by atoms with Crippen LogP contribution in [-0.2, 0) is 21.4 Å². The predicted molar refractivity (Wildman–Crippen MR) is 140 cm³/mol. The van der Waals surface area contributed by atoms with E-state index in [1.807, 2.05) is 18.2 Å². The molecule has 0 spiro atoms. The number of hydrogen-bond acceptors (Lipinski definition) is 7. The number of H-pyrrole nitrogens is 1. The van der Waals surface area contributed by atoms with Crippen molar-refractivity contribution in [2.75, 3.05) is 7.05 Å². The van der Waals surface area contributed by atoms with Crippen molar-refractivity contribution in [1.82, 2.24) is 19.3 Å². The maximum atomic E-state index is 13.3. The summed E-state index contributed by atoms with van der Waals surface area (Å²) in [6.07, 6.45) is 0.0269. The molecule has 1 atom stereocenters. The van der Waals surface area contributed by atoms with E-state index in [9.17, 15) is 28.0 Å². The summed E-state index contributed by atoms with van der Waals surface area (Å²) in [6.45, 7) is -0.0619. The van der Waals surface area contributed by atoms with Crippen LogP contribution in [-0.4, -0.2) is 46.5 Å². The van der Waals surface area contributed by atoms with Crippen molar-refractivity contribution >= 4 is 26.8 Å². The molecular weight excluding hydrogens is 512 g/mol. The van der Waals surface area contributed by atoms with Crippen molar-refractivity contribution in [3.63, 3.8) is 0 Å². The summed E-state index contributed by atoms with van der Waals surface area (Å²) in [7, 11) is -2.93. The molecule has 0 bridgehead atoms. The first kappa shape index (κ1) is 26.8. The number of amides is 1. The van der Waals surface area contributed by atoms with E-state index >= 15 is 0 Å². The van der Waals surface area contributed by atoms with Crippen molar-refractivity contribution in [1.29, 1.82) is 0 Å². The van der Waals surface area contributed by atoms with Crippen LogP contribution in [0.3, 0.4) is 0 Å². The zero-order valence-corrected chi connectivity index (χ0v) is 21.2. The molecule has 1 amide bonds. The Bertz CT molecular complexity index is 1650. The second-order valence-electron chi connectivity index (χ2n) is 8.47. The topological polar surface area (TPSA) is 151 Å². The predicted octanol–water partition coefficient (Wildman–Crippen LogP) is 2.46. The van der Waals surface area contributed by atoms with Gasteiger partial charge in [-0.05, 0) is 61.4 Å². The van der Waals surface area contributed by atoms with Crippen molar-refractivity contribution in [2.24, 2.45) is 0 Å². The Labute approximate surface area is 217 Å². The smallest absolute Gasteiger partial charge is 0.328 e. The van der Waals surface area contributed by atoms with Gasteiger partial charge in [0.05, 0.1) is 15.8 Å². The van der Waals surface area contributed by atoms with Gasteiger partial charge in [0.2, 0.25) is 10.0 Å². The summed E-state index contributed by atoms with van der Waals surface area (Å²) >= 11 is 0. The molecule has 198 valence electrons. The van der Waals surface area contributed by atoms with Gasteiger partial charge in [0.25, 0.3) is 11.5 Å². The van der Waals surface area contributed by atoms with E-state index < -0.39 is 33.2 Å². The summed E-state index contributed by atoms with van der Waals surface area (Å²) in [6, 6.07) is 19.9. The molecule has 0 fully saturated rings. The Morgan fingerprint density at radius 3 is 2.32 bits per heavy atom.